The molecule has 0 spiro atoms. The molecule has 9 heteroatoms. The van der Waals surface area contributed by atoms with Gasteiger partial charge in [-0.2, -0.15) is 9.40 Å². The summed E-state index contributed by atoms with van der Waals surface area (Å²) in [5.74, 6) is 0. The van der Waals surface area contributed by atoms with E-state index in [1.54, 1.807) is 28.8 Å². The van der Waals surface area contributed by atoms with E-state index in [1.807, 2.05) is 0 Å². The lowest BCUT2D eigenvalue weighted by molar-refractivity contribution is 0.179. The zero-order chi connectivity index (χ0) is 16.4. The first-order valence-electron chi connectivity index (χ1n) is 7.64. The van der Waals surface area contributed by atoms with Crippen molar-refractivity contribution in [1.82, 2.24) is 24.0 Å². The predicted molar refractivity (Wildman–Crippen MR) is 88.7 cm³/mol. The van der Waals surface area contributed by atoms with Crippen LogP contribution in [0.25, 0.3) is 0 Å². The SMILES string of the molecule is CCc1nc(CN2CCN(S(=O)(=O)c3ccnn3C)CC2)cs1. The van der Waals surface area contributed by atoms with Gasteiger partial charge in [-0.05, 0) is 12.5 Å². The molecule has 0 amide bonds. The molecule has 0 unspecified atom stereocenters. The van der Waals surface area contributed by atoms with E-state index >= 15 is 0 Å². The number of aromatic nitrogens is 3. The fraction of sp³-hybridized carbons (Fsp3) is 0.571. The normalized spacial score (nSPS) is 17.7. The standard InChI is InChI=1S/C14H21N5O2S2/c1-3-13-16-12(11-22-13)10-18-6-8-19(9-7-18)23(20,21)14-4-5-15-17(14)2/h4-5,11H,3,6-10H2,1-2H3. The average Bonchev–Trinajstić information content (AvgIpc) is 3.17. The number of hydrogen-bond donors (Lipinski definition) is 0. The van der Waals surface area contributed by atoms with Crippen LogP contribution in [0.4, 0.5) is 0 Å². The van der Waals surface area contributed by atoms with Crippen LogP contribution in [0, 0.1) is 0 Å². The Hall–Kier alpha value is -1.29. The molecule has 0 N–H and O–H groups in total. The summed E-state index contributed by atoms with van der Waals surface area (Å²) in [5, 5.41) is 7.45. The highest BCUT2D eigenvalue weighted by molar-refractivity contribution is 7.89. The number of rotatable bonds is 5. The van der Waals surface area contributed by atoms with E-state index in [1.165, 1.54) is 10.9 Å². The first-order chi connectivity index (χ1) is 11.0. The number of sulfonamides is 1. The minimum absolute atomic E-state index is 0.248. The van der Waals surface area contributed by atoms with E-state index < -0.39 is 10.0 Å². The van der Waals surface area contributed by atoms with Gasteiger partial charge in [0.25, 0.3) is 10.0 Å². The van der Waals surface area contributed by atoms with Crippen molar-refractivity contribution in [1.29, 1.82) is 0 Å². The summed E-state index contributed by atoms with van der Waals surface area (Å²) in [6.45, 7) is 5.32. The van der Waals surface area contributed by atoms with Crippen LogP contribution in [-0.4, -0.2) is 58.6 Å². The van der Waals surface area contributed by atoms with Gasteiger partial charge in [0.15, 0.2) is 5.03 Å². The second kappa shape index (κ2) is 6.68. The Kier molecular flexibility index (Phi) is 4.81. The molecule has 126 valence electrons. The molecule has 0 radical (unpaired) electrons. The summed E-state index contributed by atoms with van der Waals surface area (Å²) in [6.07, 6.45) is 2.47. The molecule has 0 aromatic carbocycles. The van der Waals surface area contributed by atoms with Crippen molar-refractivity contribution in [3.8, 4) is 0 Å². The second-order valence-electron chi connectivity index (χ2n) is 5.56. The summed E-state index contributed by atoms with van der Waals surface area (Å²) in [4.78, 5) is 6.83. The Morgan fingerprint density at radius 2 is 2.00 bits per heavy atom. The molecule has 7 nitrogen and oxygen atoms in total. The zero-order valence-electron chi connectivity index (χ0n) is 13.3. The Morgan fingerprint density at radius 1 is 1.26 bits per heavy atom. The molecular formula is C14H21N5O2S2. The van der Waals surface area contributed by atoms with E-state index in [0.717, 1.165) is 36.8 Å². The maximum atomic E-state index is 12.6. The highest BCUT2D eigenvalue weighted by Crippen LogP contribution is 2.18. The van der Waals surface area contributed by atoms with Gasteiger partial charge in [0, 0.05) is 45.2 Å². The van der Waals surface area contributed by atoms with Gasteiger partial charge in [0.1, 0.15) is 0 Å². The summed E-state index contributed by atoms with van der Waals surface area (Å²) in [6, 6.07) is 1.54. The van der Waals surface area contributed by atoms with Gasteiger partial charge in [-0.1, -0.05) is 6.92 Å². The lowest BCUT2D eigenvalue weighted by Crippen LogP contribution is -2.48. The smallest absolute Gasteiger partial charge is 0.260 e. The molecule has 1 aliphatic rings. The van der Waals surface area contributed by atoms with Gasteiger partial charge in [0.2, 0.25) is 0 Å². The van der Waals surface area contributed by atoms with Crippen LogP contribution < -0.4 is 0 Å². The number of nitrogens with zero attached hydrogens (tertiary/aromatic N) is 5. The molecule has 3 rings (SSSR count). The summed E-state index contributed by atoms with van der Waals surface area (Å²) < 4.78 is 28.2. The summed E-state index contributed by atoms with van der Waals surface area (Å²) >= 11 is 1.69. The average molecular weight is 355 g/mol. The van der Waals surface area contributed by atoms with Crippen molar-refractivity contribution in [2.75, 3.05) is 26.2 Å². The third kappa shape index (κ3) is 3.47. The quantitative estimate of drug-likeness (QED) is 0.798. The maximum Gasteiger partial charge on any atom is 0.260 e. The molecule has 0 atom stereocenters. The van der Waals surface area contributed by atoms with Gasteiger partial charge in [0.05, 0.1) is 16.9 Å². The van der Waals surface area contributed by atoms with Crippen LogP contribution in [0.15, 0.2) is 22.7 Å². The lowest BCUT2D eigenvalue weighted by atomic mass is 10.3. The molecule has 0 saturated carbocycles. The predicted octanol–water partition coefficient (Wildman–Crippen LogP) is 0.945. The van der Waals surface area contributed by atoms with Crippen LogP contribution in [0.2, 0.25) is 0 Å². The Labute approximate surface area is 140 Å². The minimum atomic E-state index is -3.45. The molecule has 3 heterocycles. The van der Waals surface area contributed by atoms with Crippen molar-refractivity contribution in [3.05, 3.63) is 28.3 Å². The molecule has 23 heavy (non-hydrogen) atoms. The Bertz CT molecular complexity index is 760. The first-order valence-corrected chi connectivity index (χ1v) is 9.96. The molecule has 1 aliphatic heterocycles. The van der Waals surface area contributed by atoms with Crippen LogP contribution in [0.5, 0.6) is 0 Å². The number of hydrogen-bond acceptors (Lipinski definition) is 6. The summed E-state index contributed by atoms with van der Waals surface area (Å²) in [5.41, 5.74) is 1.08. The third-order valence-corrected chi connectivity index (χ3v) is 7.01. The Morgan fingerprint density at radius 3 is 2.57 bits per heavy atom. The molecule has 2 aromatic rings. The van der Waals surface area contributed by atoms with Crippen LogP contribution >= 0.6 is 11.3 Å². The van der Waals surface area contributed by atoms with Crippen molar-refractivity contribution >= 4 is 21.4 Å². The fourth-order valence-corrected chi connectivity index (χ4v) is 4.95. The van der Waals surface area contributed by atoms with E-state index in [2.05, 4.69) is 27.3 Å². The highest BCUT2D eigenvalue weighted by atomic mass is 32.2. The van der Waals surface area contributed by atoms with E-state index in [0.29, 0.717) is 13.1 Å². The monoisotopic (exact) mass is 355 g/mol. The summed E-state index contributed by atoms with van der Waals surface area (Å²) in [7, 11) is -1.80. The molecular weight excluding hydrogens is 334 g/mol. The zero-order valence-corrected chi connectivity index (χ0v) is 15.0. The van der Waals surface area contributed by atoms with Crippen LogP contribution in [0.3, 0.4) is 0 Å². The van der Waals surface area contributed by atoms with Crippen molar-refractivity contribution in [3.63, 3.8) is 0 Å². The fourth-order valence-electron chi connectivity index (χ4n) is 2.69. The third-order valence-electron chi connectivity index (χ3n) is 4.00. The highest BCUT2D eigenvalue weighted by Gasteiger charge is 2.30. The van der Waals surface area contributed by atoms with Crippen LogP contribution in [-0.2, 0) is 30.0 Å². The van der Waals surface area contributed by atoms with Crippen molar-refractivity contribution < 1.29 is 8.42 Å². The number of thiazole rings is 1. The Balaban J connectivity index is 1.61. The van der Waals surface area contributed by atoms with Gasteiger partial charge in [-0.3, -0.25) is 9.58 Å². The van der Waals surface area contributed by atoms with Gasteiger partial charge in [-0.15, -0.1) is 11.3 Å². The number of piperazine rings is 1. The number of aryl methyl sites for hydroxylation is 2. The van der Waals surface area contributed by atoms with Gasteiger partial charge < -0.3 is 0 Å². The first kappa shape index (κ1) is 16.6. The minimum Gasteiger partial charge on any atom is -0.295 e. The maximum absolute atomic E-state index is 12.6. The largest absolute Gasteiger partial charge is 0.295 e. The van der Waals surface area contributed by atoms with E-state index in [-0.39, 0.29) is 5.03 Å². The van der Waals surface area contributed by atoms with Gasteiger partial charge in [-0.25, -0.2) is 13.4 Å². The second-order valence-corrected chi connectivity index (χ2v) is 8.39. The lowest BCUT2D eigenvalue weighted by Gasteiger charge is -2.33. The van der Waals surface area contributed by atoms with E-state index in [9.17, 15) is 8.42 Å². The van der Waals surface area contributed by atoms with Gasteiger partial charge >= 0.3 is 0 Å². The molecule has 1 saturated heterocycles. The molecule has 0 aliphatic carbocycles. The van der Waals surface area contributed by atoms with Crippen molar-refractivity contribution in [2.45, 2.75) is 24.9 Å². The van der Waals surface area contributed by atoms with Crippen LogP contribution in [0.1, 0.15) is 17.6 Å². The van der Waals surface area contributed by atoms with E-state index in [4.69, 9.17) is 0 Å². The topological polar surface area (TPSA) is 71.3 Å². The molecule has 0 bridgehead atoms. The van der Waals surface area contributed by atoms with Crippen molar-refractivity contribution in [2.24, 2.45) is 7.05 Å². The molecule has 2 aromatic heterocycles. The molecule has 1 fully saturated rings.